The Kier molecular flexibility index (Phi) is 4.29. The van der Waals surface area contributed by atoms with Crippen LogP contribution in [0.3, 0.4) is 0 Å². The fourth-order valence-electron chi connectivity index (χ4n) is 1.21. The number of rotatable bonds is 3. The van der Waals surface area contributed by atoms with Crippen molar-refractivity contribution in [3.05, 3.63) is 16.1 Å². The molecule has 16 heavy (non-hydrogen) atoms. The van der Waals surface area contributed by atoms with E-state index in [9.17, 15) is 0 Å². The van der Waals surface area contributed by atoms with Crippen LogP contribution in [0.4, 0.5) is 0 Å². The standard InChI is InChI=1S/C11H20N4S/c1-8-7-16-9(14-8)5-6-13-10(12)15-11(2,3)4/h7H,5-6H2,1-4H3,(H3,12,13,15). The number of hydrogen-bond donors (Lipinski definition) is 2. The Labute approximate surface area is 101 Å². The van der Waals surface area contributed by atoms with E-state index in [-0.39, 0.29) is 5.54 Å². The van der Waals surface area contributed by atoms with E-state index in [1.54, 1.807) is 11.3 Å². The summed E-state index contributed by atoms with van der Waals surface area (Å²) in [5.74, 6) is 0.501. The molecule has 5 heteroatoms. The van der Waals surface area contributed by atoms with Gasteiger partial charge in [-0.05, 0) is 27.7 Å². The molecule has 0 fully saturated rings. The summed E-state index contributed by atoms with van der Waals surface area (Å²) in [5.41, 5.74) is 6.79. The fourth-order valence-corrected chi connectivity index (χ4v) is 1.98. The van der Waals surface area contributed by atoms with Gasteiger partial charge >= 0.3 is 0 Å². The monoisotopic (exact) mass is 240 g/mol. The summed E-state index contributed by atoms with van der Waals surface area (Å²) in [6.45, 7) is 8.85. The van der Waals surface area contributed by atoms with Crippen LogP contribution in [0.5, 0.6) is 0 Å². The van der Waals surface area contributed by atoms with Crippen molar-refractivity contribution in [1.82, 2.24) is 10.3 Å². The first-order valence-corrected chi connectivity index (χ1v) is 6.24. The maximum atomic E-state index is 5.75. The largest absolute Gasteiger partial charge is 0.370 e. The van der Waals surface area contributed by atoms with E-state index in [4.69, 9.17) is 5.73 Å². The van der Waals surface area contributed by atoms with Crippen LogP contribution in [0.25, 0.3) is 0 Å². The summed E-state index contributed by atoms with van der Waals surface area (Å²) in [4.78, 5) is 8.63. The summed E-state index contributed by atoms with van der Waals surface area (Å²) in [6, 6.07) is 0. The highest BCUT2D eigenvalue weighted by molar-refractivity contribution is 7.09. The van der Waals surface area contributed by atoms with Gasteiger partial charge in [-0.25, -0.2) is 4.98 Å². The maximum absolute atomic E-state index is 5.75. The van der Waals surface area contributed by atoms with Gasteiger partial charge in [0.25, 0.3) is 0 Å². The molecule has 1 rings (SSSR count). The SMILES string of the molecule is Cc1csc(CCN=C(N)NC(C)(C)C)n1. The fraction of sp³-hybridized carbons (Fsp3) is 0.636. The molecule has 0 aromatic carbocycles. The van der Waals surface area contributed by atoms with E-state index in [2.05, 4.69) is 41.4 Å². The van der Waals surface area contributed by atoms with Gasteiger partial charge < -0.3 is 11.1 Å². The Morgan fingerprint density at radius 2 is 2.25 bits per heavy atom. The van der Waals surface area contributed by atoms with Gasteiger partial charge in [-0.3, -0.25) is 4.99 Å². The molecular weight excluding hydrogens is 220 g/mol. The van der Waals surface area contributed by atoms with Gasteiger partial charge in [-0.15, -0.1) is 11.3 Å². The topological polar surface area (TPSA) is 63.3 Å². The molecule has 0 aliphatic carbocycles. The third-order valence-electron chi connectivity index (χ3n) is 1.78. The highest BCUT2D eigenvalue weighted by atomic mass is 32.1. The second-order valence-electron chi connectivity index (χ2n) is 4.77. The summed E-state index contributed by atoms with van der Waals surface area (Å²) < 4.78 is 0. The van der Waals surface area contributed by atoms with E-state index >= 15 is 0 Å². The van der Waals surface area contributed by atoms with Crippen LogP contribution < -0.4 is 11.1 Å². The first-order chi connectivity index (χ1) is 7.37. The third kappa shape index (κ3) is 5.11. The van der Waals surface area contributed by atoms with Crippen molar-refractivity contribution in [1.29, 1.82) is 0 Å². The first kappa shape index (κ1) is 13.0. The van der Waals surface area contributed by atoms with Crippen molar-refractivity contribution >= 4 is 17.3 Å². The lowest BCUT2D eigenvalue weighted by Gasteiger charge is -2.20. The maximum Gasteiger partial charge on any atom is 0.188 e. The zero-order valence-electron chi connectivity index (χ0n) is 10.4. The van der Waals surface area contributed by atoms with Crippen molar-refractivity contribution in [3.8, 4) is 0 Å². The smallest absolute Gasteiger partial charge is 0.188 e. The average Bonchev–Trinajstić information content (AvgIpc) is 2.48. The molecule has 1 aromatic rings. The van der Waals surface area contributed by atoms with Crippen molar-refractivity contribution < 1.29 is 0 Å². The molecule has 90 valence electrons. The predicted molar refractivity (Wildman–Crippen MR) is 69.9 cm³/mol. The number of aliphatic imine (C=N–C) groups is 1. The minimum Gasteiger partial charge on any atom is -0.370 e. The van der Waals surface area contributed by atoms with Crippen LogP contribution in [0.1, 0.15) is 31.5 Å². The minimum atomic E-state index is -0.0364. The van der Waals surface area contributed by atoms with Crippen molar-refractivity contribution in [3.63, 3.8) is 0 Å². The highest BCUT2D eigenvalue weighted by Crippen LogP contribution is 2.09. The number of aryl methyl sites for hydroxylation is 1. The van der Waals surface area contributed by atoms with Crippen LogP contribution >= 0.6 is 11.3 Å². The second-order valence-corrected chi connectivity index (χ2v) is 5.72. The summed E-state index contributed by atoms with van der Waals surface area (Å²) in [5, 5.41) is 6.29. The Balaban J connectivity index is 2.36. The van der Waals surface area contributed by atoms with Crippen LogP contribution in [-0.2, 0) is 6.42 Å². The zero-order valence-corrected chi connectivity index (χ0v) is 11.2. The number of aromatic nitrogens is 1. The lowest BCUT2D eigenvalue weighted by molar-refractivity contribution is 0.508. The van der Waals surface area contributed by atoms with Gasteiger partial charge in [0, 0.05) is 29.6 Å². The van der Waals surface area contributed by atoms with Crippen molar-refractivity contribution in [2.75, 3.05) is 6.54 Å². The predicted octanol–water partition coefficient (Wildman–Crippen LogP) is 1.70. The molecule has 0 radical (unpaired) electrons. The van der Waals surface area contributed by atoms with Gasteiger partial charge in [0.15, 0.2) is 5.96 Å². The molecule has 4 nitrogen and oxygen atoms in total. The van der Waals surface area contributed by atoms with E-state index in [1.807, 2.05) is 6.92 Å². The highest BCUT2D eigenvalue weighted by Gasteiger charge is 2.09. The Hall–Kier alpha value is -1.10. The Morgan fingerprint density at radius 1 is 1.56 bits per heavy atom. The zero-order chi connectivity index (χ0) is 12.2. The molecule has 0 unspecified atom stereocenters. The molecule has 0 bridgehead atoms. The van der Waals surface area contributed by atoms with Crippen LogP contribution in [0.15, 0.2) is 10.4 Å². The lowest BCUT2D eigenvalue weighted by atomic mass is 10.1. The number of nitrogens with one attached hydrogen (secondary N) is 1. The number of nitrogens with zero attached hydrogens (tertiary/aromatic N) is 2. The molecule has 1 heterocycles. The quantitative estimate of drug-likeness (QED) is 0.624. The summed E-state index contributed by atoms with van der Waals surface area (Å²) in [7, 11) is 0. The van der Waals surface area contributed by atoms with Gasteiger partial charge in [0.2, 0.25) is 0 Å². The van der Waals surface area contributed by atoms with E-state index in [0.717, 1.165) is 17.1 Å². The van der Waals surface area contributed by atoms with Crippen molar-refractivity contribution in [2.24, 2.45) is 10.7 Å². The molecule has 0 saturated carbocycles. The third-order valence-corrected chi connectivity index (χ3v) is 2.80. The second kappa shape index (κ2) is 5.30. The molecule has 0 amide bonds. The van der Waals surface area contributed by atoms with Crippen LogP contribution in [0, 0.1) is 6.92 Å². The number of thiazole rings is 1. The Bertz CT molecular complexity index is 362. The molecule has 1 aromatic heterocycles. The van der Waals surface area contributed by atoms with E-state index in [0.29, 0.717) is 12.5 Å². The Morgan fingerprint density at radius 3 is 2.75 bits per heavy atom. The van der Waals surface area contributed by atoms with Gasteiger partial charge in [-0.2, -0.15) is 0 Å². The van der Waals surface area contributed by atoms with E-state index < -0.39 is 0 Å². The number of nitrogens with two attached hydrogens (primary N) is 1. The van der Waals surface area contributed by atoms with Crippen LogP contribution in [-0.4, -0.2) is 23.0 Å². The van der Waals surface area contributed by atoms with Crippen LogP contribution in [0.2, 0.25) is 0 Å². The first-order valence-electron chi connectivity index (χ1n) is 5.36. The van der Waals surface area contributed by atoms with E-state index in [1.165, 1.54) is 0 Å². The van der Waals surface area contributed by atoms with Gasteiger partial charge in [-0.1, -0.05) is 0 Å². The number of hydrogen-bond acceptors (Lipinski definition) is 3. The molecule has 0 atom stereocenters. The summed E-state index contributed by atoms with van der Waals surface area (Å²) >= 11 is 1.67. The van der Waals surface area contributed by atoms with Gasteiger partial charge in [0.05, 0.1) is 5.01 Å². The molecular formula is C11H20N4S. The molecule has 0 spiro atoms. The minimum absolute atomic E-state index is 0.0364. The molecule has 0 aliphatic heterocycles. The normalized spacial score (nSPS) is 12.9. The molecule has 0 aliphatic rings. The lowest BCUT2D eigenvalue weighted by Crippen LogP contribution is -2.45. The van der Waals surface area contributed by atoms with Gasteiger partial charge in [0.1, 0.15) is 0 Å². The summed E-state index contributed by atoms with van der Waals surface area (Å²) in [6.07, 6.45) is 0.852. The average molecular weight is 240 g/mol. The number of guanidine groups is 1. The van der Waals surface area contributed by atoms with Crippen molar-refractivity contribution in [2.45, 2.75) is 39.7 Å². The molecule has 3 N–H and O–H groups in total. The molecule has 0 saturated heterocycles.